The number of hydrogen-bond donors (Lipinski definition) is 0. The van der Waals surface area contributed by atoms with E-state index in [1.54, 1.807) is 9.80 Å². The lowest BCUT2D eigenvalue weighted by Crippen LogP contribution is -2.45. The minimum absolute atomic E-state index is 0.141. The minimum atomic E-state index is -0.195. The van der Waals surface area contributed by atoms with Crippen LogP contribution < -0.4 is 9.80 Å². The Hall–Kier alpha value is -3.14. The van der Waals surface area contributed by atoms with Gasteiger partial charge in [0.05, 0.1) is 13.1 Å². The molecule has 0 unspecified atom stereocenters. The first-order chi connectivity index (χ1) is 12.4. The maximum atomic E-state index is 12.9. The molecule has 132 valence electrons. The molecule has 1 fully saturated rings. The van der Waals surface area contributed by atoms with Crippen molar-refractivity contribution in [2.45, 2.75) is 13.8 Å². The average Bonchev–Trinajstić information content (AvgIpc) is 2.64. The van der Waals surface area contributed by atoms with E-state index in [0.717, 1.165) is 22.5 Å². The molecule has 0 aliphatic carbocycles. The number of carbonyl (C=O) groups is 2. The highest BCUT2D eigenvalue weighted by Gasteiger charge is 2.30. The third kappa shape index (κ3) is 3.45. The summed E-state index contributed by atoms with van der Waals surface area (Å²) in [5, 5.41) is 0. The summed E-state index contributed by atoms with van der Waals surface area (Å²) in [6.07, 6.45) is 0. The summed E-state index contributed by atoms with van der Waals surface area (Å²) in [6, 6.07) is 15.2. The fraction of sp³-hybridized carbons (Fsp3) is 0.182. The van der Waals surface area contributed by atoms with Gasteiger partial charge in [-0.1, -0.05) is 48.6 Å². The number of hydrogen-bond acceptors (Lipinski definition) is 2. The van der Waals surface area contributed by atoms with Crippen molar-refractivity contribution in [1.82, 2.24) is 0 Å². The first kappa shape index (κ1) is 17.7. The van der Waals surface area contributed by atoms with Crippen molar-refractivity contribution in [1.29, 1.82) is 0 Å². The summed E-state index contributed by atoms with van der Waals surface area (Å²) >= 11 is 0. The number of aryl methyl sites for hydroxylation is 2. The SMILES string of the molecule is C=C1CN(c2ccc(C)cc2)C(=O)C(=C)CN(c2ccc(C)cc2)C1=O. The third-order valence-corrected chi connectivity index (χ3v) is 4.48. The van der Waals surface area contributed by atoms with E-state index < -0.39 is 0 Å². The van der Waals surface area contributed by atoms with Gasteiger partial charge in [-0.25, -0.2) is 0 Å². The Labute approximate surface area is 154 Å². The molecule has 0 aromatic heterocycles. The maximum absolute atomic E-state index is 12.9. The van der Waals surface area contributed by atoms with Crippen LogP contribution in [0.1, 0.15) is 11.1 Å². The molecule has 2 amide bonds. The second kappa shape index (κ2) is 7.00. The van der Waals surface area contributed by atoms with Crippen LogP contribution in [0.4, 0.5) is 11.4 Å². The molecular formula is C22H22N2O2. The molecule has 4 heteroatoms. The van der Waals surface area contributed by atoms with Crippen LogP contribution in [-0.4, -0.2) is 24.9 Å². The lowest BCUT2D eigenvalue weighted by molar-refractivity contribution is -0.116. The highest BCUT2D eigenvalue weighted by atomic mass is 16.2. The number of nitrogens with zero attached hydrogens (tertiary/aromatic N) is 2. The summed E-state index contributed by atoms with van der Waals surface area (Å²) in [7, 11) is 0. The van der Waals surface area contributed by atoms with Crippen molar-refractivity contribution in [3.05, 3.63) is 84.0 Å². The largest absolute Gasteiger partial charge is 0.304 e. The lowest BCUT2D eigenvalue weighted by Gasteiger charge is -2.32. The molecule has 3 rings (SSSR count). The molecule has 0 N–H and O–H groups in total. The molecule has 0 spiro atoms. The van der Waals surface area contributed by atoms with Gasteiger partial charge in [0, 0.05) is 22.5 Å². The summed E-state index contributed by atoms with van der Waals surface area (Å²) in [4.78, 5) is 29.0. The molecule has 0 radical (unpaired) electrons. The molecule has 1 saturated heterocycles. The van der Waals surface area contributed by atoms with E-state index in [1.165, 1.54) is 0 Å². The van der Waals surface area contributed by atoms with Gasteiger partial charge in [0.1, 0.15) is 0 Å². The predicted molar refractivity (Wildman–Crippen MR) is 105 cm³/mol. The van der Waals surface area contributed by atoms with E-state index in [0.29, 0.717) is 11.1 Å². The van der Waals surface area contributed by atoms with Gasteiger partial charge in [-0.05, 0) is 38.1 Å². The normalized spacial score (nSPS) is 15.9. The molecule has 0 saturated carbocycles. The molecule has 1 heterocycles. The zero-order valence-electron chi connectivity index (χ0n) is 15.2. The van der Waals surface area contributed by atoms with E-state index in [4.69, 9.17) is 0 Å². The van der Waals surface area contributed by atoms with Gasteiger partial charge in [0.15, 0.2) is 0 Å². The molecular weight excluding hydrogens is 324 g/mol. The molecule has 26 heavy (non-hydrogen) atoms. The molecule has 2 aromatic carbocycles. The van der Waals surface area contributed by atoms with Crippen LogP contribution in [0.15, 0.2) is 72.8 Å². The Morgan fingerprint density at radius 3 is 1.27 bits per heavy atom. The van der Waals surface area contributed by atoms with Gasteiger partial charge >= 0.3 is 0 Å². The van der Waals surface area contributed by atoms with E-state index in [-0.39, 0.29) is 24.9 Å². The average molecular weight is 346 g/mol. The predicted octanol–water partition coefficient (Wildman–Crippen LogP) is 3.80. The smallest absolute Gasteiger partial charge is 0.255 e. The van der Waals surface area contributed by atoms with E-state index in [1.807, 2.05) is 62.4 Å². The quantitative estimate of drug-likeness (QED) is 0.776. The van der Waals surface area contributed by atoms with Gasteiger partial charge in [-0.3, -0.25) is 9.59 Å². The molecule has 0 atom stereocenters. The highest BCUT2D eigenvalue weighted by Crippen LogP contribution is 2.25. The standard InChI is InChI=1S/C22H22N2O2/c1-15-5-9-19(10-6-15)23-13-17(3)22(26)24(14-18(4)21(23)25)20-11-7-16(2)8-12-20/h5-12H,3-4,13-14H2,1-2H3. The first-order valence-corrected chi connectivity index (χ1v) is 8.49. The van der Waals surface area contributed by atoms with Crippen molar-refractivity contribution >= 4 is 23.2 Å². The first-order valence-electron chi connectivity index (χ1n) is 8.49. The molecule has 4 nitrogen and oxygen atoms in total. The van der Waals surface area contributed by atoms with Crippen LogP contribution in [0.25, 0.3) is 0 Å². The number of rotatable bonds is 2. The van der Waals surface area contributed by atoms with Gasteiger partial charge in [-0.2, -0.15) is 0 Å². The number of anilines is 2. The van der Waals surface area contributed by atoms with Crippen LogP contribution in [0.5, 0.6) is 0 Å². The molecule has 1 aliphatic heterocycles. The zero-order chi connectivity index (χ0) is 18.8. The third-order valence-electron chi connectivity index (χ3n) is 4.48. The van der Waals surface area contributed by atoms with Gasteiger partial charge in [0.25, 0.3) is 11.8 Å². The monoisotopic (exact) mass is 346 g/mol. The molecule has 2 aromatic rings. The summed E-state index contributed by atoms with van der Waals surface area (Å²) in [6.45, 7) is 12.1. The summed E-state index contributed by atoms with van der Waals surface area (Å²) < 4.78 is 0. The second-order valence-corrected chi connectivity index (χ2v) is 6.66. The Kier molecular flexibility index (Phi) is 4.76. The van der Waals surface area contributed by atoms with Crippen molar-refractivity contribution in [2.24, 2.45) is 0 Å². The van der Waals surface area contributed by atoms with Gasteiger partial charge in [-0.15, -0.1) is 0 Å². The topological polar surface area (TPSA) is 40.6 Å². The Bertz CT molecular complexity index is 804. The van der Waals surface area contributed by atoms with Crippen LogP contribution in [0.3, 0.4) is 0 Å². The fourth-order valence-electron chi connectivity index (χ4n) is 2.91. The van der Waals surface area contributed by atoms with Crippen molar-refractivity contribution in [2.75, 3.05) is 22.9 Å². The maximum Gasteiger partial charge on any atom is 0.255 e. The van der Waals surface area contributed by atoms with Crippen LogP contribution in [0, 0.1) is 13.8 Å². The Morgan fingerprint density at radius 2 is 0.962 bits per heavy atom. The number of benzene rings is 2. The number of carbonyl (C=O) groups excluding carboxylic acids is 2. The van der Waals surface area contributed by atoms with Gasteiger partial charge < -0.3 is 9.80 Å². The van der Waals surface area contributed by atoms with Crippen LogP contribution in [-0.2, 0) is 9.59 Å². The fourth-order valence-corrected chi connectivity index (χ4v) is 2.91. The highest BCUT2D eigenvalue weighted by molar-refractivity contribution is 6.13. The van der Waals surface area contributed by atoms with Crippen LogP contribution >= 0.6 is 0 Å². The number of amides is 2. The zero-order valence-corrected chi connectivity index (χ0v) is 15.2. The van der Waals surface area contributed by atoms with Gasteiger partial charge in [0.2, 0.25) is 0 Å². The summed E-state index contributed by atoms with van der Waals surface area (Å²) in [5.74, 6) is -0.390. The van der Waals surface area contributed by atoms with E-state index in [9.17, 15) is 9.59 Å². The molecule has 0 bridgehead atoms. The van der Waals surface area contributed by atoms with Crippen LogP contribution in [0.2, 0.25) is 0 Å². The Morgan fingerprint density at radius 1 is 0.654 bits per heavy atom. The Balaban J connectivity index is 1.94. The van der Waals surface area contributed by atoms with E-state index in [2.05, 4.69) is 13.2 Å². The second-order valence-electron chi connectivity index (χ2n) is 6.66. The van der Waals surface area contributed by atoms with Crippen molar-refractivity contribution < 1.29 is 9.59 Å². The minimum Gasteiger partial charge on any atom is -0.304 e. The van der Waals surface area contributed by atoms with E-state index >= 15 is 0 Å². The summed E-state index contributed by atoms with van der Waals surface area (Å²) in [5.41, 5.74) is 4.41. The van der Waals surface area contributed by atoms with Crippen molar-refractivity contribution in [3.63, 3.8) is 0 Å². The molecule has 1 aliphatic rings. The lowest BCUT2D eigenvalue weighted by atomic mass is 10.1. The van der Waals surface area contributed by atoms with Crippen molar-refractivity contribution in [3.8, 4) is 0 Å².